The highest BCUT2D eigenvalue weighted by molar-refractivity contribution is 5.49. The summed E-state index contributed by atoms with van der Waals surface area (Å²) in [6, 6.07) is 6.29. The minimum atomic E-state index is -0.510. The van der Waals surface area contributed by atoms with Gasteiger partial charge in [0.2, 0.25) is 0 Å². The van der Waals surface area contributed by atoms with E-state index in [1.165, 1.54) is 12.1 Å². The fourth-order valence-electron chi connectivity index (χ4n) is 1.71. The molecule has 0 amide bonds. The number of nitrogens with zero attached hydrogens (tertiary/aromatic N) is 4. The van der Waals surface area contributed by atoms with E-state index in [4.69, 9.17) is 4.74 Å². The molecule has 0 saturated carbocycles. The van der Waals surface area contributed by atoms with Crippen LogP contribution < -0.4 is 4.74 Å². The van der Waals surface area contributed by atoms with Gasteiger partial charge in [-0.1, -0.05) is 0 Å². The molecule has 0 aliphatic carbocycles. The Morgan fingerprint density at radius 3 is 2.62 bits per heavy atom. The van der Waals surface area contributed by atoms with E-state index < -0.39 is 4.92 Å². The summed E-state index contributed by atoms with van der Waals surface area (Å²) in [4.78, 5) is 10.3. The molecule has 2 aromatic rings. The number of non-ortho nitro benzene ring substituents is 1. The number of hydrogen-bond acceptors (Lipinski definition) is 6. The summed E-state index contributed by atoms with van der Waals surface area (Å²) in [6.07, 6.45) is 0. The number of rotatable bonds is 3. The van der Waals surface area contributed by atoms with Gasteiger partial charge in [-0.3, -0.25) is 10.1 Å². The average Bonchev–Trinajstić information content (AvgIpc) is 2.45. The third kappa shape index (κ3) is 2.79. The lowest BCUT2D eigenvalue weighted by molar-refractivity contribution is -0.384. The normalized spacial score (nSPS) is 10.0. The van der Waals surface area contributed by atoms with E-state index in [1.807, 2.05) is 6.07 Å². The lowest BCUT2D eigenvalue weighted by atomic mass is 10.1. The van der Waals surface area contributed by atoms with Gasteiger partial charge in [0.15, 0.2) is 0 Å². The van der Waals surface area contributed by atoms with Crippen molar-refractivity contribution in [3.8, 4) is 17.7 Å². The highest BCUT2D eigenvalue weighted by Gasteiger charge is 2.16. The molecule has 0 bridgehead atoms. The van der Waals surface area contributed by atoms with Gasteiger partial charge < -0.3 is 4.74 Å². The van der Waals surface area contributed by atoms with Crippen LogP contribution in [0.3, 0.4) is 0 Å². The minimum Gasteiger partial charge on any atom is -0.436 e. The van der Waals surface area contributed by atoms with Crippen LogP contribution in [0.15, 0.2) is 18.2 Å². The lowest BCUT2D eigenvalue weighted by Gasteiger charge is -2.10. The molecule has 0 saturated heterocycles. The molecule has 1 aromatic heterocycles. The Bertz CT molecular complexity index is 766. The van der Waals surface area contributed by atoms with Gasteiger partial charge in [0.05, 0.1) is 16.7 Å². The monoisotopic (exact) mass is 284 g/mol. The molecule has 0 radical (unpaired) electrons. The maximum Gasteiger partial charge on any atom is 0.273 e. The fourth-order valence-corrected chi connectivity index (χ4v) is 1.71. The third-order valence-electron chi connectivity index (χ3n) is 3.12. The Hall–Kier alpha value is -3.01. The Balaban J connectivity index is 2.48. The van der Waals surface area contributed by atoms with Crippen molar-refractivity contribution in [3.63, 3.8) is 0 Å². The van der Waals surface area contributed by atoms with Crippen molar-refractivity contribution in [1.82, 2.24) is 10.2 Å². The SMILES string of the molecule is Cc1ccc([N+](=O)[O-])cc1Oc1nnc(C)c(C)c1C#N. The Kier molecular flexibility index (Phi) is 3.80. The number of nitro benzene ring substituents is 1. The fraction of sp³-hybridized carbons (Fsp3) is 0.214. The Morgan fingerprint density at radius 2 is 2.00 bits per heavy atom. The number of hydrogen-bond donors (Lipinski definition) is 0. The van der Waals surface area contributed by atoms with Crippen LogP contribution in [0.1, 0.15) is 22.4 Å². The summed E-state index contributed by atoms with van der Waals surface area (Å²) in [6.45, 7) is 5.24. The molecule has 106 valence electrons. The summed E-state index contributed by atoms with van der Waals surface area (Å²) >= 11 is 0. The molecule has 0 spiro atoms. The largest absolute Gasteiger partial charge is 0.436 e. The van der Waals surface area contributed by atoms with E-state index in [-0.39, 0.29) is 22.9 Å². The highest BCUT2D eigenvalue weighted by atomic mass is 16.6. The Morgan fingerprint density at radius 1 is 1.29 bits per heavy atom. The molecule has 7 nitrogen and oxygen atoms in total. The van der Waals surface area contributed by atoms with Gasteiger partial charge in [0.1, 0.15) is 17.4 Å². The minimum absolute atomic E-state index is 0.0456. The van der Waals surface area contributed by atoms with Gasteiger partial charge in [0.25, 0.3) is 11.6 Å². The molecule has 7 heteroatoms. The summed E-state index contributed by atoms with van der Waals surface area (Å²) < 4.78 is 5.56. The summed E-state index contributed by atoms with van der Waals surface area (Å²) in [7, 11) is 0. The van der Waals surface area contributed by atoms with Gasteiger partial charge in [0, 0.05) is 6.07 Å². The standard InChI is InChI=1S/C14H12N4O3/c1-8-4-5-11(18(19)20)6-13(8)21-14-12(7-15)9(2)10(3)16-17-14/h4-6H,1-3H3. The van der Waals surface area contributed by atoms with Crippen molar-refractivity contribution < 1.29 is 9.66 Å². The molecular weight excluding hydrogens is 272 g/mol. The second-order valence-corrected chi connectivity index (χ2v) is 4.51. The maximum absolute atomic E-state index is 10.8. The van der Waals surface area contributed by atoms with E-state index in [0.29, 0.717) is 16.8 Å². The van der Waals surface area contributed by atoms with Crippen molar-refractivity contribution in [3.05, 3.63) is 50.7 Å². The van der Waals surface area contributed by atoms with Crippen LogP contribution in [-0.2, 0) is 0 Å². The van der Waals surface area contributed by atoms with Crippen LogP contribution in [0.2, 0.25) is 0 Å². The zero-order valence-corrected chi connectivity index (χ0v) is 11.7. The molecule has 0 aliphatic heterocycles. The van der Waals surface area contributed by atoms with E-state index in [0.717, 1.165) is 0 Å². The molecule has 0 atom stereocenters. The predicted octanol–water partition coefficient (Wildman–Crippen LogP) is 2.97. The molecular formula is C14H12N4O3. The van der Waals surface area contributed by atoms with Crippen LogP contribution in [0, 0.1) is 42.2 Å². The zero-order valence-electron chi connectivity index (χ0n) is 11.7. The maximum atomic E-state index is 10.8. The number of aryl methyl sites for hydroxylation is 2. The van der Waals surface area contributed by atoms with E-state index in [1.54, 1.807) is 26.8 Å². The molecule has 0 unspecified atom stereocenters. The molecule has 1 heterocycles. The number of aromatic nitrogens is 2. The van der Waals surface area contributed by atoms with E-state index in [2.05, 4.69) is 10.2 Å². The summed E-state index contributed by atoms with van der Waals surface area (Å²) in [5.74, 6) is 0.322. The van der Waals surface area contributed by atoms with Crippen LogP contribution in [0.4, 0.5) is 5.69 Å². The number of ether oxygens (including phenoxy) is 1. The quantitative estimate of drug-likeness (QED) is 0.634. The number of benzene rings is 1. The molecule has 0 fully saturated rings. The van der Waals surface area contributed by atoms with Crippen molar-refractivity contribution >= 4 is 5.69 Å². The van der Waals surface area contributed by atoms with Crippen LogP contribution in [-0.4, -0.2) is 15.1 Å². The van der Waals surface area contributed by atoms with Gasteiger partial charge in [-0.05, 0) is 38.0 Å². The molecule has 0 aliphatic rings. The van der Waals surface area contributed by atoms with Crippen molar-refractivity contribution in [2.45, 2.75) is 20.8 Å². The first kappa shape index (κ1) is 14.4. The van der Waals surface area contributed by atoms with Crippen molar-refractivity contribution in [2.24, 2.45) is 0 Å². The van der Waals surface area contributed by atoms with Gasteiger partial charge in [-0.25, -0.2) is 0 Å². The first-order valence-corrected chi connectivity index (χ1v) is 6.11. The van der Waals surface area contributed by atoms with Crippen LogP contribution in [0.5, 0.6) is 11.6 Å². The number of nitro groups is 1. The summed E-state index contributed by atoms with van der Waals surface area (Å²) in [5.41, 5.74) is 2.18. The average molecular weight is 284 g/mol. The van der Waals surface area contributed by atoms with Crippen molar-refractivity contribution in [1.29, 1.82) is 5.26 Å². The van der Waals surface area contributed by atoms with Crippen LogP contribution in [0.25, 0.3) is 0 Å². The lowest BCUT2D eigenvalue weighted by Crippen LogP contribution is -2.01. The van der Waals surface area contributed by atoms with Gasteiger partial charge in [-0.15, -0.1) is 5.10 Å². The molecule has 0 N–H and O–H groups in total. The third-order valence-corrected chi connectivity index (χ3v) is 3.12. The van der Waals surface area contributed by atoms with Gasteiger partial charge in [-0.2, -0.15) is 10.4 Å². The first-order valence-electron chi connectivity index (χ1n) is 6.11. The highest BCUT2D eigenvalue weighted by Crippen LogP contribution is 2.30. The first-order chi connectivity index (χ1) is 9.93. The Labute approximate surface area is 121 Å². The molecule has 2 rings (SSSR count). The molecule has 21 heavy (non-hydrogen) atoms. The second-order valence-electron chi connectivity index (χ2n) is 4.51. The van der Waals surface area contributed by atoms with Crippen LogP contribution >= 0.6 is 0 Å². The predicted molar refractivity (Wildman–Crippen MR) is 74.1 cm³/mol. The zero-order chi connectivity index (χ0) is 15.6. The second kappa shape index (κ2) is 5.54. The van der Waals surface area contributed by atoms with Crippen molar-refractivity contribution in [2.75, 3.05) is 0 Å². The van der Waals surface area contributed by atoms with Gasteiger partial charge >= 0.3 is 0 Å². The molecule has 1 aromatic carbocycles. The van der Waals surface area contributed by atoms with E-state index in [9.17, 15) is 15.4 Å². The summed E-state index contributed by atoms with van der Waals surface area (Å²) in [5, 5.41) is 27.8. The smallest absolute Gasteiger partial charge is 0.273 e. The number of nitriles is 1. The van der Waals surface area contributed by atoms with E-state index >= 15 is 0 Å². The topological polar surface area (TPSA) is 102 Å².